The molecule has 0 aromatic heterocycles. The fourth-order valence-corrected chi connectivity index (χ4v) is 5.91. The molecule has 1 saturated carbocycles. The van der Waals surface area contributed by atoms with Crippen molar-refractivity contribution in [3.63, 3.8) is 0 Å². The third kappa shape index (κ3) is 3.51. The van der Waals surface area contributed by atoms with Gasteiger partial charge in [-0.25, -0.2) is 8.42 Å². The van der Waals surface area contributed by atoms with Crippen LogP contribution in [0.2, 0.25) is 0 Å². The van der Waals surface area contributed by atoms with Crippen LogP contribution in [0.15, 0.2) is 24.3 Å². The van der Waals surface area contributed by atoms with Crippen LogP contribution in [-0.2, 0) is 9.84 Å². The van der Waals surface area contributed by atoms with Crippen molar-refractivity contribution in [3.8, 4) is 5.75 Å². The molecule has 1 saturated heterocycles. The van der Waals surface area contributed by atoms with Crippen molar-refractivity contribution >= 4 is 15.5 Å². The van der Waals surface area contributed by atoms with Gasteiger partial charge in [0.05, 0.1) is 11.5 Å². The summed E-state index contributed by atoms with van der Waals surface area (Å²) < 4.78 is 51.5. The van der Waals surface area contributed by atoms with E-state index in [9.17, 15) is 17.2 Å². The van der Waals surface area contributed by atoms with Crippen LogP contribution in [0.5, 0.6) is 5.75 Å². The molecule has 1 N–H and O–H groups in total. The van der Waals surface area contributed by atoms with E-state index in [1.165, 1.54) is 6.07 Å². The lowest BCUT2D eigenvalue weighted by atomic mass is 9.74. The van der Waals surface area contributed by atoms with Crippen LogP contribution in [0.1, 0.15) is 25.7 Å². The van der Waals surface area contributed by atoms with Crippen molar-refractivity contribution in [3.05, 3.63) is 24.3 Å². The van der Waals surface area contributed by atoms with Crippen LogP contribution in [0.3, 0.4) is 0 Å². The Hall–Kier alpha value is -1.37. The predicted molar refractivity (Wildman–Crippen MR) is 80.0 cm³/mol. The summed E-state index contributed by atoms with van der Waals surface area (Å²) >= 11 is 0. The molecule has 1 aromatic rings. The highest BCUT2D eigenvalue weighted by molar-refractivity contribution is 7.92. The van der Waals surface area contributed by atoms with E-state index in [0.29, 0.717) is 11.5 Å². The van der Waals surface area contributed by atoms with Gasteiger partial charge in [0.1, 0.15) is 5.75 Å². The van der Waals surface area contributed by atoms with Gasteiger partial charge in [-0.15, -0.1) is 0 Å². The van der Waals surface area contributed by atoms with Gasteiger partial charge in [-0.3, -0.25) is 0 Å². The fraction of sp³-hybridized carbons (Fsp3) is 0.600. The average Bonchev–Trinajstić information content (AvgIpc) is 2.39. The molecule has 122 valence electrons. The molecule has 22 heavy (non-hydrogen) atoms. The maximum atomic E-state index is 12.2. The maximum absolute atomic E-state index is 12.2. The monoisotopic (exact) mass is 331 g/mol. The number of ether oxygens (including phenoxy) is 1. The number of hydrogen-bond acceptors (Lipinski definition) is 4. The zero-order valence-corrected chi connectivity index (χ0v) is 12.9. The highest BCUT2D eigenvalue weighted by atomic mass is 32.2. The Morgan fingerprint density at radius 2 is 1.91 bits per heavy atom. The summed E-state index contributed by atoms with van der Waals surface area (Å²) in [5.74, 6) is 0.784. The first kappa shape index (κ1) is 15.5. The third-order valence-electron chi connectivity index (χ3n) is 4.53. The number of rotatable bonds is 4. The first-order chi connectivity index (χ1) is 10.4. The van der Waals surface area contributed by atoms with Crippen LogP contribution in [0, 0.1) is 5.41 Å². The molecule has 1 aliphatic carbocycles. The highest BCUT2D eigenvalue weighted by Gasteiger charge is 2.49. The number of anilines is 1. The van der Waals surface area contributed by atoms with Crippen molar-refractivity contribution in [1.82, 2.24) is 0 Å². The highest BCUT2D eigenvalue weighted by Crippen LogP contribution is 2.45. The quantitative estimate of drug-likeness (QED) is 0.921. The largest absolute Gasteiger partial charge is 0.435 e. The molecule has 1 heterocycles. The molecule has 1 aliphatic heterocycles. The molecule has 1 aromatic carbocycles. The molecule has 0 atom stereocenters. The number of alkyl halides is 2. The van der Waals surface area contributed by atoms with E-state index in [-0.39, 0.29) is 17.2 Å². The Kier molecular flexibility index (Phi) is 4.01. The summed E-state index contributed by atoms with van der Waals surface area (Å²) in [6.45, 7) is -2.83. The van der Waals surface area contributed by atoms with Crippen molar-refractivity contribution < 1.29 is 21.9 Å². The summed E-state index contributed by atoms with van der Waals surface area (Å²) in [6.07, 6.45) is 3.60. The molecule has 7 heteroatoms. The molecule has 2 fully saturated rings. The second-order valence-electron chi connectivity index (χ2n) is 6.36. The lowest BCUT2D eigenvalue weighted by Crippen LogP contribution is -2.51. The molecule has 2 aliphatic rings. The molecule has 4 nitrogen and oxygen atoms in total. The minimum absolute atomic E-state index is 0.00233. The SMILES string of the molecule is O=S1(=O)CC2(CCC(Nc3cccc(OC(F)F)c3)CC2)C1. The topological polar surface area (TPSA) is 55.4 Å². The van der Waals surface area contributed by atoms with Gasteiger partial charge < -0.3 is 10.1 Å². The second kappa shape index (κ2) is 5.68. The van der Waals surface area contributed by atoms with Crippen LogP contribution in [0.25, 0.3) is 0 Å². The van der Waals surface area contributed by atoms with E-state index in [4.69, 9.17) is 0 Å². The normalized spacial score (nSPS) is 23.2. The molecular formula is C15H19F2NO3S. The molecule has 0 amide bonds. The van der Waals surface area contributed by atoms with E-state index < -0.39 is 16.4 Å². The van der Waals surface area contributed by atoms with E-state index in [1.54, 1.807) is 12.1 Å². The Labute approximate surface area is 128 Å². The van der Waals surface area contributed by atoms with Gasteiger partial charge in [0.2, 0.25) is 0 Å². The van der Waals surface area contributed by atoms with E-state index in [1.807, 2.05) is 6.07 Å². The van der Waals surface area contributed by atoms with E-state index in [2.05, 4.69) is 10.1 Å². The van der Waals surface area contributed by atoms with Gasteiger partial charge in [0.25, 0.3) is 0 Å². The molecular weight excluding hydrogens is 312 g/mol. The molecule has 3 rings (SSSR count). The Morgan fingerprint density at radius 1 is 1.23 bits per heavy atom. The Bertz CT molecular complexity index is 626. The zero-order chi connectivity index (χ0) is 15.8. The Morgan fingerprint density at radius 3 is 2.50 bits per heavy atom. The van der Waals surface area contributed by atoms with Crippen LogP contribution in [0.4, 0.5) is 14.5 Å². The van der Waals surface area contributed by atoms with Gasteiger partial charge in [-0.2, -0.15) is 8.78 Å². The van der Waals surface area contributed by atoms with Crippen LogP contribution in [-0.4, -0.2) is 32.6 Å². The second-order valence-corrected chi connectivity index (χ2v) is 8.42. The summed E-state index contributed by atoms with van der Waals surface area (Å²) in [5.41, 5.74) is 0.748. The fourth-order valence-electron chi connectivity index (χ4n) is 3.55. The Balaban J connectivity index is 1.55. The van der Waals surface area contributed by atoms with E-state index >= 15 is 0 Å². The number of halogens is 2. The van der Waals surface area contributed by atoms with Crippen LogP contribution >= 0.6 is 0 Å². The lowest BCUT2D eigenvalue weighted by Gasteiger charge is -2.46. The van der Waals surface area contributed by atoms with Gasteiger partial charge >= 0.3 is 6.61 Å². The maximum Gasteiger partial charge on any atom is 0.387 e. The van der Waals surface area contributed by atoms with Crippen molar-refractivity contribution in [2.45, 2.75) is 38.3 Å². The number of hydrogen-bond donors (Lipinski definition) is 1. The standard InChI is InChI=1S/C15H19F2NO3S/c16-14(17)21-13-3-1-2-12(8-13)18-11-4-6-15(7-5-11)9-22(19,20)10-15/h1-3,8,11,14,18H,4-7,9-10H2. The zero-order valence-electron chi connectivity index (χ0n) is 12.1. The number of sulfone groups is 1. The summed E-state index contributed by atoms with van der Waals surface area (Å²) in [4.78, 5) is 0. The minimum atomic E-state index is -2.83. The predicted octanol–water partition coefficient (Wildman–Crippen LogP) is 3.06. The average molecular weight is 331 g/mol. The van der Waals surface area contributed by atoms with Crippen molar-refractivity contribution in [1.29, 1.82) is 0 Å². The van der Waals surface area contributed by atoms with Crippen molar-refractivity contribution in [2.24, 2.45) is 5.41 Å². The van der Waals surface area contributed by atoms with Crippen LogP contribution < -0.4 is 10.1 Å². The molecule has 0 bridgehead atoms. The van der Waals surface area contributed by atoms with Crippen molar-refractivity contribution in [2.75, 3.05) is 16.8 Å². The number of nitrogens with one attached hydrogen (secondary N) is 1. The number of benzene rings is 1. The first-order valence-electron chi connectivity index (χ1n) is 7.38. The first-order valence-corrected chi connectivity index (χ1v) is 9.20. The third-order valence-corrected chi connectivity index (χ3v) is 6.63. The molecule has 0 radical (unpaired) electrons. The summed E-state index contributed by atoms with van der Waals surface area (Å²) in [7, 11) is -2.79. The molecule has 1 spiro atoms. The van der Waals surface area contributed by atoms with Gasteiger partial charge in [0, 0.05) is 17.8 Å². The smallest absolute Gasteiger partial charge is 0.387 e. The van der Waals surface area contributed by atoms with Gasteiger partial charge in [0.15, 0.2) is 9.84 Å². The molecule has 0 unspecified atom stereocenters. The minimum Gasteiger partial charge on any atom is -0.435 e. The van der Waals surface area contributed by atoms with Gasteiger partial charge in [-0.05, 0) is 43.2 Å². The lowest BCUT2D eigenvalue weighted by molar-refractivity contribution is -0.0498. The summed E-state index contributed by atoms with van der Waals surface area (Å²) in [6, 6.07) is 6.78. The summed E-state index contributed by atoms with van der Waals surface area (Å²) in [5, 5.41) is 3.33. The van der Waals surface area contributed by atoms with E-state index in [0.717, 1.165) is 31.4 Å². The van der Waals surface area contributed by atoms with Gasteiger partial charge in [-0.1, -0.05) is 6.07 Å².